The van der Waals surface area contributed by atoms with Crippen molar-refractivity contribution >= 4 is 31.6 Å². The molecule has 2 aliphatic heterocycles. The zero-order valence-corrected chi connectivity index (χ0v) is 17.3. The van der Waals surface area contributed by atoms with E-state index in [9.17, 15) is 9.59 Å². The number of anilines is 1. The molecule has 4 rings (SSSR count). The van der Waals surface area contributed by atoms with Gasteiger partial charge >= 0.3 is 8.60 Å². The number of rotatable bonds is 6. The highest BCUT2D eigenvalue weighted by Gasteiger charge is 2.56. The van der Waals surface area contributed by atoms with E-state index in [0.717, 1.165) is 0 Å². The molecule has 2 fully saturated rings. The molecule has 2 aromatic heterocycles. The van der Waals surface area contributed by atoms with Gasteiger partial charge in [0.05, 0.1) is 12.9 Å². The van der Waals surface area contributed by atoms with Crippen LogP contribution < -0.4 is 10.9 Å². The quantitative estimate of drug-likeness (QED) is 0.450. The number of aromatic amines is 1. The van der Waals surface area contributed by atoms with Crippen LogP contribution in [0.15, 0.2) is 11.1 Å². The summed E-state index contributed by atoms with van der Waals surface area (Å²) >= 11 is 0. The van der Waals surface area contributed by atoms with Gasteiger partial charge in [0.15, 0.2) is 23.2 Å². The second-order valence-corrected chi connectivity index (χ2v) is 8.08. The van der Waals surface area contributed by atoms with E-state index in [4.69, 9.17) is 28.5 Å². The van der Waals surface area contributed by atoms with Gasteiger partial charge < -0.3 is 28.5 Å². The normalized spacial score (nSPS) is 27.7. The van der Waals surface area contributed by atoms with Crippen molar-refractivity contribution in [3.05, 3.63) is 16.7 Å². The number of amides is 1. The first kappa shape index (κ1) is 21.2. The van der Waals surface area contributed by atoms with Crippen molar-refractivity contribution in [2.45, 2.75) is 57.5 Å². The first-order valence-corrected chi connectivity index (χ1v) is 10.4. The average molecular weight is 443 g/mol. The highest BCUT2D eigenvalue weighted by molar-refractivity contribution is 7.39. The molecular weight excluding hydrogens is 421 g/mol. The topological polar surface area (TPSA) is 170 Å². The zero-order valence-electron chi connectivity index (χ0n) is 16.4. The summed E-state index contributed by atoms with van der Waals surface area (Å²) in [7, 11) is -2.56. The summed E-state index contributed by atoms with van der Waals surface area (Å²) in [5.74, 6) is -1.22. The van der Waals surface area contributed by atoms with Crippen molar-refractivity contribution in [1.82, 2.24) is 19.5 Å². The molecule has 2 aliphatic rings. The lowest BCUT2D eigenvalue weighted by molar-refractivity contribution is -0.199. The molecule has 13 nitrogen and oxygen atoms in total. The third-order valence-electron chi connectivity index (χ3n) is 4.76. The van der Waals surface area contributed by atoms with Crippen LogP contribution in [0.3, 0.4) is 0 Å². The summed E-state index contributed by atoms with van der Waals surface area (Å²) in [6.07, 6.45) is -0.976. The maximum atomic E-state index is 12.4. The Kier molecular flexibility index (Phi) is 5.62. The Hall–Kier alpha value is -1.99. The fourth-order valence-electron chi connectivity index (χ4n) is 3.55. The fourth-order valence-corrected chi connectivity index (χ4v) is 3.83. The Balaban J connectivity index is 1.70. The van der Waals surface area contributed by atoms with Crippen molar-refractivity contribution in [3.63, 3.8) is 0 Å². The minimum absolute atomic E-state index is 0.00865. The predicted octanol–water partition coefficient (Wildman–Crippen LogP) is 0.114. The number of imidazole rings is 1. The lowest BCUT2D eigenvalue weighted by Crippen LogP contribution is -2.32. The number of carbonyl (C=O) groups excluding carboxylic acids is 1. The van der Waals surface area contributed by atoms with Gasteiger partial charge in [0, 0.05) is 6.42 Å². The summed E-state index contributed by atoms with van der Waals surface area (Å²) in [5, 5.41) is 2.52. The number of carbonyl (C=O) groups is 1. The Morgan fingerprint density at radius 3 is 2.83 bits per heavy atom. The molecule has 2 aromatic rings. The van der Waals surface area contributed by atoms with Gasteiger partial charge in [0.1, 0.15) is 18.3 Å². The number of nitrogens with one attached hydrogen (secondary N) is 2. The van der Waals surface area contributed by atoms with Gasteiger partial charge in [-0.25, -0.2) is 4.98 Å². The number of hydrogen-bond acceptors (Lipinski definition) is 10. The first-order valence-electron chi connectivity index (χ1n) is 9.27. The molecule has 164 valence electrons. The van der Waals surface area contributed by atoms with Crippen LogP contribution in [0.25, 0.3) is 11.2 Å². The molecule has 0 bridgehead atoms. The second-order valence-electron chi connectivity index (χ2n) is 7.32. The molecule has 2 saturated heterocycles. The Labute approximate surface area is 171 Å². The molecule has 4 atom stereocenters. The SMILES string of the molecule is CCC(=O)Nc1nc2c(ncn2[C@@H]2O[C@H](COP(O)O)[C@H]3OC(C)(C)O[C@H]32)c(=O)[nH]1. The third-order valence-corrected chi connectivity index (χ3v) is 5.14. The monoisotopic (exact) mass is 443 g/mol. The van der Waals surface area contributed by atoms with Crippen molar-refractivity contribution < 1.29 is 33.3 Å². The van der Waals surface area contributed by atoms with E-state index in [-0.39, 0.29) is 36.0 Å². The van der Waals surface area contributed by atoms with Crippen LogP contribution in [0.5, 0.6) is 0 Å². The zero-order chi connectivity index (χ0) is 21.6. The summed E-state index contributed by atoms with van der Waals surface area (Å²) in [6, 6.07) is 0. The van der Waals surface area contributed by atoms with Gasteiger partial charge in [0.25, 0.3) is 5.56 Å². The summed E-state index contributed by atoms with van der Waals surface area (Å²) in [4.78, 5) is 53.1. The molecule has 30 heavy (non-hydrogen) atoms. The fraction of sp³-hybridized carbons (Fsp3) is 0.625. The van der Waals surface area contributed by atoms with Gasteiger partial charge in [-0.3, -0.25) is 24.5 Å². The molecule has 0 aromatic carbocycles. The van der Waals surface area contributed by atoms with E-state index in [2.05, 4.69) is 20.3 Å². The molecule has 0 radical (unpaired) electrons. The first-order chi connectivity index (χ1) is 14.2. The Morgan fingerprint density at radius 1 is 1.40 bits per heavy atom. The number of nitrogens with zero attached hydrogens (tertiary/aromatic N) is 3. The Morgan fingerprint density at radius 2 is 2.13 bits per heavy atom. The van der Waals surface area contributed by atoms with E-state index in [1.165, 1.54) is 10.9 Å². The molecule has 14 heteroatoms. The van der Waals surface area contributed by atoms with Crippen molar-refractivity contribution in [1.29, 1.82) is 0 Å². The Bertz CT molecular complexity index is 1010. The lowest BCUT2D eigenvalue weighted by atomic mass is 10.1. The summed E-state index contributed by atoms with van der Waals surface area (Å²) in [5.41, 5.74) is -0.262. The average Bonchev–Trinajstić information content (AvgIpc) is 3.31. The van der Waals surface area contributed by atoms with E-state index in [0.29, 0.717) is 0 Å². The minimum Gasteiger partial charge on any atom is -0.347 e. The van der Waals surface area contributed by atoms with Crippen LogP contribution in [-0.2, 0) is 23.5 Å². The van der Waals surface area contributed by atoms with Gasteiger partial charge in [-0.05, 0) is 13.8 Å². The number of ether oxygens (including phenoxy) is 3. The number of fused-ring (bicyclic) bond motifs is 2. The minimum atomic E-state index is -2.56. The van der Waals surface area contributed by atoms with E-state index in [1.807, 2.05) is 0 Å². The van der Waals surface area contributed by atoms with E-state index >= 15 is 0 Å². The standard InChI is InChI=1S/C16H22N5O8P/c1-4-8(22)18-15-19-12-9(13(23)20-15)17-6-21(12)14-11-10(28-16(2,3)29-11)7(27-14)5-26-30(24)25/h6-7,10-11,14,24-25H,4-5H2,1-3H3,(H2,18,19,20,22,23)/t7-,10-,11-,14-/m1/s1. The maximum absolute atomic E-state index is 12.4. The molecule has 0 aliphatic carbocycles. The summed E-state index contributed by atoms with van der Waals surface area (Å²) in [6.45, 7) is 5.04. The predicted molar refractivity (Wildman–Crippen MR) is 102 cm³/mol. The van der Waals surface area contributed by atoms with Crippen LogP contribution >= 0.6 is 8.60 Å². The molecule has 0 spiro atoms. The highest BCUT2D eigenvalue weighted by Crippen LogP contribution is 2.44. The number of H-pyrrole nitrogens is 1. The van der Waals surface area contributed by atoms with E-state index in [1.54, 1.807) is 20.8 Å². The molecule has 4 N–H and O–H groups in total. The second kappa shape index (κ2) is 7.93. The van der Waals surface area contributed by atoms with Crippen LogP contribution in [0.1, 0.15) is 33.4 Å². The number of hydrogen-bond donors (Lipinski definition) is 4. The smallest absolute Gasteiger partial charge is 0.327 e. The van der Waals surface area contributed by atoms with Gasteiger partial charge in [-0.1, -0.05) is 6.92 Å². The van der Waals surface area contributed by atoms with Crippen LogP contribution in [-0.4, -0.2) is 65.9 Å². The molecule has 4 heterocycles. The summed E-state index contributed by atoms with van der Waals surface area (Å²) < 4.78 is 24.3. The van der Waals surface area contributed by atoms with Crippen LogP contribution in [0.4, 0.5) is 5.95 Å². The molecule has 0 unspecified atom stereocenters. The van der Waals surface area contributed by atoms with Crippen molar-refractivity contribution in [2.75, 3.05) is 11.9 Å². The van der Waals surface area contributed by atoms with Crippen LogP contribution in [0.2, 0.25) is 0 Å². The largest absolute Gasteiger partial charge is 0.347 e. The number of aromatic nitrogens is 4. The molecule has 0 saturated carbocycles. The van der Waals surface area contributed by atoms with Crippen molar-refractivity contribution in [2.24, 2.45) is 0 Å². The van der Waals surface area contributed by atoms with E-state index < -0.39 is 44.5 Å². The highest BCUT2D eigenvalue weighted by atomic mass is 31.2. The van der Waals surface area contributed by atoms with Crippen LogP contribution in [0, 0.1) is 0 Å². The van der Waals surface area contributed by atoms with Gasteiger partial charge in [0.2, 0.25) is 11.9 Å². The third kappa shape index (κ3) is 3.97. The van der Waals surface area contributed by atoms with Crippen molar-refractivity contribution in [3.8, 4) is 0 Å². The molecule has 1 amide bonds. The molecular formula is C16H22N5O8P. The van der Waals surface area contributed by atoms with Gasteiger partial charge in [-0.2, -0.15) is 4.98 Å². The lowest BCUT2D eigenvalue weighted by Gasteiger charge is -2.24. The maximum Gasteiger partial charge on any atom is 0.327 e. The van der Waals surface area contributed by atoms with Gasteiger partial charge in [-0.15, -0.1) is 0 Å².